The average Bonchev–Trinajstić information content (AvgIpc) is 3.21. The quantitative estimate of drug-likeness (QED) is 0.707. The molecule has 2 aromatic carbocycles. The summed E-state index contributed by atoms with van der Waals surface area (Å²) in [5.41, 5.74) is 1.62. The first-order valence-corrected chi connectivity index (χ1v) is 11.8. The number of ether oxygens (including phenoxy) is 1. The Labute approximate surface area is 172 Å². The van der Waals surface area contributed by atoms with Gasteiger partial charge in [0.25, 0.3) is 5.91 Å². The SMILES string of the molecule is C[C@@H](/C=C/S(C)(=O)=O)NC(=O)c1ccc(C2CCCC2)cc1Oc1ccccc1. The Bertz CT molecular complexity index is 977. The minimum Gasteiger partial charge on any atom is -0.457 e. The van der Waals surface area contributed by atoms with Crippen molar-refractivity contribution in [3.05, 3.63) is 71.1 Å². The Morgan fingerprint density at radius 2 is 1.83 bits per heavy atom. The maximum atomic E-state index is 12.8. The summed E-state index contributed by atoms with van der Waals surface area (Å²) in [7, 11) is -3.24. The lowest BCUT2D eigenvalue weighted by atomic mass is 9.96. The zero-order valence-electron chi connectivity index (χ0n) is 16.8. The molecule has 1 N–H and O–H groups in total. The second-order valence-electron chi connectivity index (χ2n) is 7.57. The summed E-state index contributed by atoms with van der Waals surface area (Å²) in [6.07, 6.45) is 7.34. The minimum absolute atomic E-state index is 0.306. The molecular formula is C23H27NO4S. The summed E-state index contributed by atoms with van der Waals surface area (Å²) < 4.78 is 28.6. The third kappa shape index (κ3) is 6.19. The molecule has 1 aliphatic carbocycles. The van der Waals surface area contributed by atoms with Crippen LogP contribution in [0.4, 0.5) is 0 Å². The van der Waals surface area contributed by atoms with Crippen molar-refractivity contribution >= 4 is 15.7 Å². The first kappa shape index (κ1) is 21.1. The lowest BCUT2D eigenvalue weighted by molar-refractivity contribution is 0.0944. The monoisotopic (exact) mass is 413 g/mol. The predicted molar refractivity (Wildman–Crippen MR) is 115 cm³/mol. The molecule has 0 aliphatic heterocycles. The molecule has 0 aromatic heterocycles. The van der Waals surface area contributed by atoms with Gasteiger partial charge < -0.3 is 10.1 Å². The van der Waals surface area contributed by atoms with Crippen LogP contribution in [0.5, 0.6) is 11.5 Å². The molecule has 0 bridgehead atoms. The molecule has 154 valence electrons. The number of hydrogen-bond acceptors (Lipinski definition) is 4. The topological polar surface area (TPSA) is 72.5 Å². The third-order valence-electron chi connectivity index (χ3n) is 5.02. The van der Waals surface area contributed by atoms with Gasteiger partial charge in [0.2, 0.25) is 0 Å². The van der Waals surface area contributed by atoms with E-state index in [1.54, 1.807) is 13.0 Å². The predicted octanol–water partition coefficient (Wildman–Crippen LogP) is 4.81. The van der Waals surface area contributed by atoms with Crippen LogP contribution >= 0.6 is 0 Å². The Hall–Kier alpha value is -2.60. The lowest BCUT2D eigenvalue weighted by Gasteiger charge is -2.17. The zero-order chi connectivity index (χ0) is 20.9. The van der Waals surface area contributed by atoms with Crippen molar-refractivity contribution < 1.29 is 17.9 Å². The molecule has 29 heavy (non-hydrogen) atoms. The number of sulfone groups is 1. The van der Waals surface area contributed by atoms with Crippen molar-refractivity contribution in [2.24, 2.45) is 0 Å². The van der Waals surface area contributed by atoms with Crippen LogP contribution in [-0.2, 0) is 9.84 Å². The molecular weight excluding hydrogens is 386 g/mol. The maximum absolute atomic E-state index is 12.8. The summed E-state index contributed by atoms with van der Waals surface area (Å²) >= 11 is 0. The number of nitrogens with one attached hydrogen (secondary N) is 1. The van der Waals surface area contributed by atoms with Gasteiger partial charge in [-0.05, 0) is 55.5 Å². The molecule has 1 atom stereocenters. The van der Waals surface area contributed by atoms with Gasteiger partial charge in [0.1, 0.15) is 11.5 Å². The van der Waals surface area contributed by atoms with Crippen molar-refractivity contribution in [1.29, 1.82) is 0 Å². The largest absolute Gasteiger partial charge is 0.457 e. The number of rotatable bonds is 7. The van der Waals surface area contributed by atoms with Gasteiger partial charge in [-0.15, -0.1) is 0 Å². The van der Waals surface area contributed by atoms with E-state index in [9.17, 15) is 13.2 Å². The van der Waals surface area contributed by atoms with Gasteiger partial charge in [0.05, 0.1) is 5.56 Å². The van der Waals surface area contributed by atoms with E-state index in [0.717, 1.165) is 24.5 Å². The molecule has 0 unspecified atom stereocenters. The number of hydrogen-bond donors (Lipinski definition) is 1. The maximum Gasteiger partial charge on any atom is 0.255 e. The highest BCUT2D eigenvalue weighted by molar-refractivity contribution is 7.93. The van der Waals surface area contributed by atoms with Crippen molar-refractivity contribution in [1.82, 2.24) is 5.32 Å². The van der Waals surface area contributed by atoms with E-state index < -0.39 is 15.9 Å². The van der Waals surface area contributed by atoms with E-state index in [-0.39, 0.29) is 5.91 Å². The standard InChI is InChI=1S/C23H27NO4S/c1-17(14-15-29(2,26)27)24-23(25)21-13-12-19(18-8-6-7-9-18)16-22(21)28-20-10-4-3-5-11-20/h3-5,10-18H,6-9H2,1-2H3,(H,24,25)/b15-14+/t17-/m0/s1. The van der Waals surface area contributed by atoms with Gasteiger partial charge in [-0.3, -0.25) is 4.79 Å². The molecule has 5 nitrogen and oxygen atoms in total. The average molecular weight is 414 g/mol. The van der Waals surface area contributed by atoms with Gasteiger partial charge >= 0.3 is 0 Å². The second-order valence-corrected chi connectivity index (χ2v) is 9.50. The number of carbonyl (C=O) groups is 1. The number of para-hydroxylation sites is 1. The van der Waals surface area contributed by atoms with Crippen molar-refractivity contribution in [3.8, 4) is 11.5 Å². The van der Waals surface area contributed by atoms with Gasteiger partial charge in [0, 0.05) is 17.7 Å². The van der Waals surface area contributed by atoms with Crippen LogP contribution < -0.4 is 10.1 Å². The fraction of sp³-hybridized carbons (Fsp3) is 0.348. The highest BCUT2D eigenvalue weighted by Crippen LogP contribution is 2.37. The number of amides is 1. The van der Waals surface area contributed by atoms with Gasteiger partial charge in [-0.25, -0.2) is 8.42 Å². The second kappa shape index (κ2) is 9.27. The smallest absolute Gasteiger partial charge is 0.255 e. The molecule has 3 rings (SSSR count). The third-order valence-corrected chi connectivity index (χ3v) is 5.67. The fourth-order valence-electron chi connectivity index (χ4n) is 3.53. The summed E-state index contributed by atoms with van der Waals surface area (Å²) in [6.45, 7) is 1.73. The summed E-state index contributed by atoms with van der Waals surface area (Å²) in [4.78, 5) is 12.8. The van der Waals surface area contributed by atoms with Crippen molar-refractivity contribution in [3.63, 3.8) is 0 Å². The Morgan fingerprint density at radius 3 is 2.48 bits per heavy atom. The normalized spacial score (nSPS) is 16.1. The number of benzene rings is 2. The van der Waals surface area contributed by atoms with E-state index >= 15 is 0 Å². The van der Waals surface area contributed by atoms with Gasteiger partial charge in [-0.2, -0.15) is 0 Å². The molecule has 1 fully saturated rings. The van der Waals surface area contributed by atoms with Crippen LogP contribution in [0.2, 0.25) is 0 Å². The van der Waals surface area contributed by atoms with Gasteiger partial charge in [0.15, 0.2) is 9.84 Å². The van der Waals surface area contributed by atoms with Crippen molar-refractivity contribution in [2.45, 2.75) is 44.6 Å². The first-order chi connectivity index (χ1) is 13.8. The lowest BCUT2D eigenvalue weighted by Crippen LogP contribution is -2.31. The van der Waals surface area contributed by atoms with Crippen LogP contribution in [0.1, 0.15) is 54.4 Å². The van der Waals surface area contributed by atoms with E-state index in [2.05, 4.69) is 5.32 Å². The first-order valence-electron chi connectivity index (χ1n) is 9.88. The van der Waals surface area contributed by atoms with E-state index in [4.69, 9.17) is 4.74 Å². The van der Waals surface area contributed by atoms with E-state index in [0.29, 0.717) is 23.0 Å². The summed E-state index contributed by atoms with van der Waals surface area (Å²) in [5, 5.41) is 3.91. The molecule has 1 amide bonds. The van der Waals surface area contributed by atoms with Crippen LogP contribution in [0.15, 0.2) is 60.0 Å². The highest BCUT2D eigenvalue weighted by Gasteiger charge is 2.21. The minimum atomic E-state index is -3.24. The van der Waals surface area contributed by atoms with Crippen LogP contribution in [0.25, 0.3) is 0 Å². The summed E-state index contributed by atoms with van der Waals surface area (Å²) in [5.74, 6) is 1.37. The zero-order valence-corrected chi connectivity index (χ0v) is 17.6. The molecule has 2 aromatic rings. The van der Waals surface area contributed by atoms with E-state index in [1.165, 1.54) is 24.5 Å². The Kier molecular flexibility index (Phi) is 6.75. The Morgan fingerprint density at radius 1 is 1.14 bits per heavy atom. The van der Waals surface area contributed by atoms with Crippen LogP contribution in [0.3, 0.4) is 0 Å². The molecule has 0 saturated heterocycles. The molecule has 0 radical (unpaired) electrons. The fourth-order valence-corrected chi connectivity index (χ4v) is 4.05. The van der Waals surface area contributed by atoms with Crippen LogP contribution in [0, 0.1) is 0 Å². The number of carbonyl (C=O) groups excluding carboxylic acids is 1. The molecule has 1 aliphatic rings. The molecule has 6 heteroatoms. The van der Waals surface area contributed by atoms with Crippen molar-refractivity contribution in [2.75, 3.05) is 6.26 Å². The van der Waals surface area contributed by atoms with Gasteiger partial charge in [-0.1, -0.05) is 43.2 Å². The van der Waals surface area contributed by atoms with Crippen LogP contribution in [-0.4, -0.2) is 26.6 Å². The molecule has 0 spiro atoms. The summed E-state index contributed by atoms with van der Waals surface area (Å²) in [6, 6.07) is 14.7. The Balaban J connectivity index is 1.85. The molecule has 1 saturated carbocycles. The molecule has 0 heterocycles. The highest BCUT2D eigenvalue weighted by atomic mass is 32.2. The van der Waals surface area contributed by atoms with E-state index in [1.807, 2.05) is 42.5 Å².